The first-order valence-electron chi connectivity index (χ1n) is 8.97. The molecule has 30 heavy (non-hydrogen) atoms. The minimum absolute atomic E-state index is 0.174. The second-order valence-electron chi connectivity index (χ2n) is 6.54. The van der Waals surface area contributed by atoms with Crippen LogP contribution in [0.4, 0.5) is 8.78 Å². The van der Waals surface area contributed by atoms with E-state index >= 15 is 0 Å². The van der Waals surface area contributed by atoms with Crippen LogP contribution in [0.25, 0.3) is 0 Å². The van der Waals surface area contributed by atoms with Gasteiger partial charge >= 0.3 is 5.70 Å². The summed E-state index contributed by atoms with van der Waals surface area (Å²) in [6, 6.07) is 13.7. The number of hydrogen-bond acceptors (Lipinski definition) is 6. The van der Waals surface area contributed by atoms with Crippen molar-refractivity contribution in [2.75, 3.05) is 12.8 Å². The molecule has 0 fully saturated rings. The number of halogens is 2. The summed E-state index contributed by atoms with van der Waals surface area (Å²) in [5, 5.41) is 24.5. The second-order valence-corrected chi connectivity index (χ2v) is 7.36. The van der Waals surface area contributed by atoms with Crippen LogP contribution in [0, 0.1) is 33.1 Å². The van der Waals surface area contributed by atoms with Gasteiger partial charge in [-0.05, 0) is 41.6 Å². The smallest absolute Gasteiger partial charge is 0.323 e. The molecular weight excluding hydrogens is 410 g/mol. The predicted octanol–water partition coefficient (Wildman–Crippen LogP) is 4.16. The molecule has 0 unspecified atom stereocenters. The fourth-order valence-corrected chi connectivity index (χ4v) is 3.87. The Hall–Kier alpha value is -3.38. The molecule has 1 aliphatic heterocycles. The van der Waals surface area contributed by atoms with Gasteiger partial charge in [0, 0.05) is 13.1 Å². The summed E-state index contributed by atoms with van der Waals surface area (Å²) in [5.74, 6) is -0.487. The maximum Gasteiger partial charge on any atom is 0.323 e. The molecule has 0 aliphatic carbocycles. The SMILES string of the molecule is CSC1=C(C#N)CN(Cc2ccc(F)cc2)C(NCc2ccc(F)cc2)=C1[N+](=O)[O-]. The molecule has 9 heteroatoms. The maximum absolute atomic E-state index is 13.3. The van der Waals surface area contributed by atoms with Crippen molar-refractivity contribution in [2.45, 2.75) is 13.1 Å². The number of nitriles is 1. The van der Waals surface area contributed by atoms with Crippen LogP contribution in [0.5, 0.6) is 0 Å². The van der Waals surface area contributed by atoms with Crippen molar-refractivity contribution in [1.29, 1.82) is 5.26 Å². The molecule has 1 N–H and O–H groups in total. The van der Waals surface area contributed by atoms with Crippen LogP contribution in [-0.2, 0) is 13.1 Å². The Morgan fingerprint density at radius 1 is 1.13 bits per heavy atom. The zero-order chi connectivity index (χ0) is 21.7. The van der Waals surface area contributed by atoms with Crippen LogP contribution in [0.3, 0.4) is 0 Å². The number of hydrogen-bond donors (Lipinski definition) is 1. The van der Waals surface area contributed by atoms with Crippen LogP contribution >= 0.6 is 11.8 Å². The van der Waals surface area contributed by atoms with Gasteiger partial charge in [0.1, 0.15) is 16.5 Å². The molecule has 0 bridgehead atoms. The zero-order valence-electron chi connectivity index (χ0n) is 16.1. The topological polar surface area (TPSA) is 82.2 Å². The third-order valence-electron chi connectivity index (χ3n) is 4.56. The number of thioether (sulfide) groups is 1. The van der Waals surface area contributed by atoms with E-state index in [0.29, 0.717) is 10.5 Å². The van der Waals surface area contributed by atoms with Gasteiger partial charge in [-0.1, -0.05) is 24.3 Å². The number of nitro groups is 1. The van der Waals surface area contributed by atoms with Gasteiger partial charge < -0.3 is 10.2 Å². The van der Waals surface area contributed by atoms with Crippen molar-refractivity contribution in [3.63, 3.8) is 0 Å². The monoisotopic (exact) mass is 428 g/mol. The maximum atomic E-state index is 13.3. The third kappa shape index (κ3) is 4.78. The molecule has 2 aromatic carbocycles. The predicted molar refractivity (Wildman–Crippen MR) is 110 cm³/mol. The molecule has 154 valence electrons. The van der Waals surface area contributed by atoms with Gasteiger partial charge in [-0.15, -0.1) is 11.8 Å². The van der Waals surface area contributed by atoms with Crippen molar-refractivity contribution in [2.24, 2.45) is 0 Å². The molecule has 6 nitrogen and oxygen atoms in total. The molecule has 0 radical (unpaired) electrons. The lowest BCUT2D eigenvalue weighted by molar-refractivity contribution is -0.422. The van der Waals surface area contributed by atoms with Gasteiger partial charge in [-0.2, -0.15) is 5.26 Å². The van der Waals surface area contributed by atoms with Gasteiger partial charge in [0.25, 0.3) is 0 Å². The lowest BCUT2D eigenvalue weighted by Crippen LogP contribution is -2.38. The van der Waals surface area contributed by atoms with Crippen LogP contribution < -0.4 is 5.32 Å². The summed E-state index contributed by atoms with van der Waals surface area (Å²) in [7, 11) is 0. The number of nitrogens with zero attached hydrogens (tertiary/aromatic N) is 3. The summed E-state index contributed by atoms with van der Waals surface area (Å²) in [6.07, 6.45) is 1.68. The lowest BCUT2D eigenvalue weighted by atomic mass is 10.1. The third-order valence-corrected chi connectivity index (χ3v) is 5.41. The highest BCUT2D eigenvalue weighted by Crippen LogP contribution is 2.34. The molecule has 3 rings (SSSR count). The summed E-state index contributed by atoms with van der Waals surface area (Å²) in [5.41, 5.74) is 1.59. The lowest BCUT2D eigenvalue weighted by Gasteiger charge is -2.31. The first-order valence-corrected chi connectivity index (χ1v) is 10.2. The molecule has 0 amide bonds. The molecule has 0 atom stereocenters. The Balaban J connectivity index is 1.99. The molecule has 1 aliphatic rings. The minimum atomic E-state index is -0.507. The quantitative estimate of drug-likeness (QED) is 0.527. The van der Waals surface area contributed by atoms with E-state index in [1.54, 1.807) is 35.4 Å². The van der Waals surface area contributed by atoms with Crippen LogP contribution in [0.1, 0.15) is 11.1 Å². The molecule has 0 aromatic heterocycles. The van der Waals surface area contributed by atoms with E-state index in [2.05, 4.69) is 11.4 Å². The van der Waals surface area contributed by atoms with Crippen LogP contribution in [0.15, 0.2) is 70.5 Å². The fraction of sp³-hybridized carbons (Fsp3) is 0.190. The van der Waals surface area contributed by atoms with Crippen molar-refractivity contribution in [1.82, 2.24) is 10.2 Å². The molecule has 0 saturated carbocycles. The first-order chi connectivity index (χ1) is 14.4. The average Bonchev–Trinajstić information content (AvgIpc) is 2.74. The minimum Gasteiger partial charge on any atom is -0.362 e. The largest absolute Gasteiger partial charge is 0.362 e. The zero-order valence-corrected chi connectivity index (χ0v) is 16.9. The Morgan fingerprint density at radius 2 is 1.70 bits per heavy atom. The van der Waals surface area contributed by atoms with E-state index in [1.165, 1.54) is 24.3 Å². The van der Waals surface area contributed by atoms with Crippen molar-refractivity contribution in [3.05, 3.63) is 103 Å². The standard InChI is InChI=1S/C21H18F2N4O2S/c1-30-20-16(10-24)13-26(12-15-4-8-18(23)9-5-15)21(19(20)27(28)29)25-11-14-2-6-17(22)7-3-14/h2-9,25H,11-13H2,1H3. The van der Waals surface area contributed by atoms with Crippen molar-refractivity contribution in [3.8, 4) is 6.07 Å². The van der Waals surface area contributed by atoms with Crippen molar-refractivity contribution < 1.29 is 13.7 Å². The molecular formula is C21H18F2N4O2S. The Morgan fingerprint density at radius 3 is 2.20 bits per heavy atom. The summed E-state index contributed by atoms with van der Waals surface area (Å²) >= 11 is 1.14. The van der Waals surface area contributed by atoms with Gasteiger partial charge in [-0.25, -0.2) is 8.78 Å². The average molecular weight is 428 g/mol. The van der Waals surface area contributed by atoms with E-state index in [9.17, 15) is 24.2 Å². The summed E-state index contributed by atoms with van der Waals surface area (Å²) in [6.45, 7) is 0.653. The molecule has 0 spiro atoms. The highest BCUT2D eigenvalue weighted by atomic mass is 32.2. The molecule has 0 saturated heterocycles. The highest BCUT2D eigenvalue weighted by molar-refractivity contribution is 8.02. The van der Waals surface area contributed by atoms with Gasteiger partial charge in [0.15, 0.2) is 5.82 Å². The van der Waals surface area contributed by atoms with E-state index < -0.39 is 4.92 Å². The fourth-order valence-electron chi connectivity index (χ4n) is 3.15. The first kappa shape index (κ1) is 21.3. The van der Waals surface area contributed by atoms with Crippen LogP contribution in [0.2, 0.25) is 0 Å². The van der Waals surface area contributed by atoms with E-state index in [1.807, 2.05) is 0 Å². The molecule has 2 aromatic rings. The van der Waals surface area contributed by atoms with Gasteiger partial charge in [0.2, 0.25) is 0 Å². The highest BCUT2D eigenvalue weighted by Gasteiger charge is 2.35. The van der Waals surface area contributed by atoms with Gasteiger partial charge in [0.05, 0.1) is 23.1 Å². The second kappa shape index (κ2) is 9.41. The van der Waals surface area contributed by atoms with E-state index in [4.69, 9.17) is 0 Å². The molecule has 1 heterocycles. The number of nitrogens with one attached hydrogen (secondary N) is 1. The Labute approximate surface area is 176 Å². The Bertz CT molecular complexity index is 1040. The van der Waals surface area contributed by atoms with Crippen molar-refractivity contribution >= 4 is 11.8 Å². The van der Waals surface area contributed by atoms with E-state index in [0.717, 1.165) is 22.9 Å². The summed E-state index contributed by atoms with van der Waals surface area (Å²) in [4.78, 5) is 13.4. The van der Waals surface area contributed by atoms with Crippen LogP contribution in [-0.4, -0.2) is 22.6 Å². The van der Waals surface area contributed by atoms with E-state index in [-0.39, 0.29) is 42.8 Å². The number of rotatable bonds is 7. The number of benzene rings is 2. The van der Waals surface area contributed by atoms with Gasteiger partial charge in [-0.3, -0.25) is 10.1 Å². The normalized spacial score (nSPS) is 14.0. The Kier molecular flexibility index (Phi) is 6.69. The summed E-state index contributed by atoms with van der Waals surface area (Å²) < 4.78 is 26.4.